The molecule has 0 bridgehead atoms. The second-order valence-electron chi connectivity index (χ2n) is 8.64. The van der Waals surface area contributed by atoms with Gasteiger partial charge in [0.1, 0.15) is 0 Å². The van der Waals surface area contributed by atoms with E-state index in [4.69, 9.17) is 4.74 Å². The Morgan fingerprint density at radius 1 is 0.971 bits per heavy atom. The fraction of sp³-hybridized carbons (Fsp3) is 0.536. The van der Waals surface area contributed by atoms with Crippen LogP contribution in [0.3, 0.4) is 0 Å². The lowest BCUT2D eigenvalue weighted by Crippen LogP contribution is -2.26. The average molecular weight is 503 g/mol. The van der Waals surface area contributed by atoms with E-state index >= 15 is 0 Å². The molecule has 6 nitrogen and oxygen atoms in total. The maximum Gasteiger partial charge on any atom is 0.305 e. The van der Waals surface area contributed by atoms with E-state index in [0.717, 1.165) is 61.8 Å². The van der Waals surface area contributed by atoms with Gasteiger partial charge in [-0.05, 0) is 62.1 Å². The number of carbonyl (C=O) groups excluding carboxylic acids is 1. The number of carbonyl (C=O) groups is 1. The van der Waals surface area contributed by atoms with Crippen LogP contribution in [0.4, 0.5) is 5.69 Å². The highest BCUT2D eigenvalue weighted by molar-refractivity contribution is 7.92. The standard InChI is InChI=1S/C26H36N2O4S.C2H6/c1-4-32-25(29)15-9-7-5-6-8-12-18-27-26-21-13-10-11-14-23(21)28(3)33(30,31)24-19-20(2)16-17-22(24)26;1-2/h10-11,13-14,16-17,19,26-27H,4-9,12,15,18H2,1-3H3;1-2H3. The summed E-state index contributed by atoms with van der Waals surface area (Å²) in [5, 5.41) is 3.63. The summed E-state index contributed by atoms with van der Waals surface area (Å²) >= 11 is 0. The van der Waals surface area contributed by atoms with Crippen LogP contribution >= 0.6 is 0 Å². The van der Waals surface area contributed by atoms with Crippen molar-refractivity contribution in [1.29, 1.82) is 0 Å². The van der Waals surface area contributed by atoms with Crippen molar-refractivity contribution < 1.29 is 17.9 Å². The van der Waals surface area contributed by atoms with Gasteiger partial charge in [-0.1, -0.05) is 69.9 Å². The van der Waals surface area contributed by atoms with Crippen molar-refractivity contribution in [1.82, 2.24) is 5.32 Å². The quantitative estimate of drug-likeness (QED) is 0.295. The van der Waals surface area contributed by atoms with Gasteiger partial charge >= 0.3 is 5.97 Å². The van der Waals surface area contributed by atoms with Gasteiger partial charge < -0.3 is 10.1 Å². The number of para-hydroxylation sites is 1. The van der Waals surface area contributed by atoms with Gasteiger partial charge in [0.15, 0.2) is 0 Å². The summed E-state index contributed by atoms with van der Waals surface area (Å²) in [6.07, 6.45) is 6.77. The van der Waals surface area contributed by atoms with E-state index in [1.165, 1.54) is 4.31 Å². The van der Waals surface area contributed by atoms with E-state index in [0.29, 0.717) is 23.6 Å². The number of nitrogens with one attached hydrogen (secondary N) is 1. The zero-order valence-corrected chi connectivity index (χ0v) is 22.8. The number of anilines is 1. The molecule has 1 unspecified atom stereocenters. The molecule has 0 fully saturated rings. The fourth-order valence-corrected chi connectivity index (χ4v) is 5.91. The first kappa shape index (κ1) is 28.9. The molecular weight excluding hydrogens is 460 g/mol. The number of hydrogen-bond acceptors (Lipinski definition) is 5. The van der Waals surface area contributed by atoms with Crippen LogP contribution in [-0.4, -0.2) is 34.6 Å². The molecule has 1 aliphatic heterocycles. The molecule has 0 aromatic heterocycles. The second kappa shape index (κ2) is 14.2. The minimum Gasteiger partial charge on any atom is -0.466 e. The van der Waals surface area contributed by atoms with Crippen molar-refractivity contribution in [2.24, 2.45) is 0 Å². The van der Waals surface area contributed by atoms with Crippen LogP contribution in [-0.2, 0) is 19.6 Å². The molecule has 2 aromatic rings. The van der Waals surface area contributed by atoms with Gasteiger partial charge in [0.2, 0.25) is 0 Å². The summed E-state index contributed by atoms with van der Waals surface area (Å²) in [6, 6.07) is 13.2. The van der Waals surface area contributed by atoms with Gasteiger partial charge in [-0.15, -0.1) is 0 Å². The molecule has 3 rings (SSSR count). The van der Waals surface area contributed by atoms with Crippen LogP contribution in [0.1, 0.15) is 88.4 Å². The van der Waals surface area contributed by atoms with E-state index in [-0.39, 0.29) is 12.0 Å². The summed E-state index contributed by atoms with van der Waals surface area (Å²) in [5.74, 6) is -0.103. The normalized spacial score (nSPS) is 15.8. The van der Waals surface area contributed by atoms with E-state index < -0.39 is 10.0 Å². The molecule has 7 heteroatoms. The van der Waals surface area contributed by atoms with E-state index in [1.807, 2.05) is 64.1 Å². The number of fused-ring (bicyclic) bond motifs is 2. The van der Waals surface area contributed by atoms with Gasteiger partial charge in [0, 0.05) is 13.5 Å². The summed E-state index contributed by atoms with van der Waals surface area (Å²) in [4.78, 5) is 11.8. The summed E-state index contributed by atoms with van der Waals surface area (Å²) in [6.45, 7) is 9.00. The molecule has 194 valence electrons. The Labute approximate surface area is 212 Å². The minimum atomic E-state index is -3.62. The maximum atomic E-state index is 13.3. The number of rotatable bonds is 11. The van der Waals surface area contributed by atoms with Crippen molar-refractivity contribution in [3.8, 4) is 0 Å². The molecule has 1 heterocycles. The molecule has 0 aliphatic carbocycles. The predicted molar refractivity (Wildman–Crippen MR) is 143 cm³/mol. The van der Waals surface area contributed by atoms with Crippen molar-refractivity contribution in [3.05, 3.63) is 59.2 Å². The van der Waals surface area contributed by atoms with Gasteiger partial charge in [-0.3, -0.25) is 9.10 Å². The highest BCUT2D eigenvalue weighted by Crippen LogP contribution is 2.40. The van der Waals surface area contributed by atoms with Crippen LogP contribution in [0, 0.1) is 6.92 Å². The Balaban J connectivity index is 0.00000210. The third-order valence-corrected chi connectivity index (χ3v) is 7.99. The number of unbranched alkanes of at least 4 members (excludes halogenated alkanes) is 5. The first-order chi connectivity index (χ1) is 16.9. The molecule has 1 atom stereocenters. The number of sulfonamides is 1. The van der Waals surface area contributed by atoms with Crippen LogP contribution in [0.15, 0.2) is 47.4 Å². The molecule has 1 N–H and O–H groups in total. The molecule has 0 spiro atoms. The molecule has 1 aliphatic rings. The highest BCUT2D eigenvalue weighted by atomic mass is 32.2. The Kier molecular flexibility index (Phi) is 11.7. The molecule has 0 radical (unpaired) electrons. The van der Waals surface area contributed by atoms with Crippen molar-refractivity contribution >= 4 is 21.7 Å². The molecule has 2 aromatic carbocycles. The van der Waals surface area contributed by atoms with Crippen molar-refractivity contribution in [2.45, 2.75) is 83.6 Å². The maximum absolute atomic E-state index is 13.3. The number of aryl methyl sites for hydroxylation is 1. The third kappa shape index (κ3) is 7.55. The smallest absolute Gasteiger partial charge is 0.305 e. The first-order valence-corrected chi connectivity index (χ1v) is 14.4. The average Bonchev–Trinajstić information content (AvgIpc) is 2.92. The number of benzene rings is 2. The number of ether oxygens (including phenoxy) is 1. The zero-order valence-electron chi connectivity index (χ0n) is 22.0. The highest BCUT2D eigenvalue weighted by Gasteiger charge is 2.34. The Hall–Kier alpha value is -2.38. The largest absolute Gasteiger partial charge is 0.466 e. The summed E-state index contributed by atoms with van der Waals surface area (Å²) < 4.78 is 33.0. The lowest BCUT2D eigenvalue weighted by Gasteiger charge is -2.22. The van der Waals surface area contributed by atoms with E-state index in [9.17, 15) is 13.2 Å². The Bertz CT molecular complexity index is 1050. The molecular formula is C28H42N2O4S. The zero-order chi connectivity index (χ0) is 25.8. The van der Waals surface area contributed by atoms with Crippen molar-refractivity contribution in [3.63, 3.8) is 0 Å². The van der Waals surface area contributed by atoms with Gasteiger partial charge in [-0.2, -0.15) is 0 Å². The van der Waals surface area contributed by atoms with Gasteiger partial charge in [-0.25, -0.2) is 8.42 Å². The number of hydrogen-bond donors (Lipinski definition) is 1. The van der Waals surface area contributed by atoms with Crippen LogP contribution in [0.2, 0.25) is 0 Å². The number of esters is 1. The molecule has 35 heavy (non-hydrogen) atoms. The Morgan fingerprint density at radius 2 is 1.63 bits per heavy atom. The molecule has 0 saturated carbocycles. The SMILES string of the molecule is CC.CCOC(=O)CCCCCCCCNC1c2ccccc2N(C)S(=O)(=O)c2cc(C)ccc21. The lowest BCUT2D eigenvalue weighted by atomic mass is 9.96. The van der Waals surface area contributed by atoms with Crippen LogP contribution in [0.5, 0.6) is 0 Å². The summed E-state index contributed by atoms with van der Waals surface area (Å²) in [5.41, 5.74) is 3.42. The monoisotopic (exact) mass is 502 g/mol. The van der Waals surface area contributed by atoms with Gasteiger partial charge in [0.25, 0.3) is 10.0 Å². The fourth-order valence-electron chi connectivity index (χ4n) is 4.37. The predicted octanol–water partition coefficient (Wildman–Crippen LogP) is 6.13. The van der Waals surface area contributed by atoms with Crippen molar-refractivity contribution in [2.75, 3.05) is 24.5 Å². The topological polar surface area (TPSA) is 75.7 Å². The molecule has 0 saturated heterocycles. The summed E-state index contributed by atoms with van der Waals surface area (Å²) in [7, 11) is -1.99. The lowest BCUT2D eigenvalue weighted by molar-refractivity contribution is -0.143. The van der Waals surface area contributed by atoms with E-state index in [2.05, 4.69) is 5.32 Å². The van der Waals surface area contributed by atoms with Crippen LogP contribution in [0.25, 0.3) is 0 Å². The van der Waals surface area contributed by atoms with E-state index in [1.54, 1.807) is 13.1 Å². The van der Waals surface area contributed by atoms with Crippen LogP contribution < -0.4 is 9.62 Å². The first-order valence-electron chi connectivity index (χ1n) is 12.9. The second-order valence-corrected chi connectivity index (χ2v) is 10.6. The van der Waals surface area contributed by atoms with Gasteiger partial charge in [0.05, 0.1) is 23.2 Å². The number of nitrogens with zero attached hydrogens (tertiary/aromatic N) is 1. The third-order valence-electron chi connectivity index (χ3n) is 6.17. The minimum absolute atomic E-state index is 0.103. The Morgan fingerprint density at radius 3 is 2.34 bits per heavy atom. The molecule has 0 amide bonds.